The number of hydrogen-bond acceptors (Lipinski definition) is 5. The smallest absolute Gasteiger partial charge is 0.257 e. The number of hydrogen-bond donors (Lipinski definition) is 3. The van der Waals surface area contributed by atoms with Gasteiger partial charge in [-0.3, -0.25) is 4.79 Å². The van der Waals surface area contributed by atoms with Crippen LogP contribution in [0.4, 0.5) is 17.1 Å². The lowest BCUT2D eigenvalue weighted by Gasteiger charge is -2.15. The van der Waals surface area contributed by atoms with Crippen LogP contribution in [0.25, 0.3) is 0 Å². The molecule has 190 valence electrons. The molecule has 1 aliphatic carbocycles. The number of nitrogens with zero attached hydrogens (tertiary/aromatic N) is 1. The summed E-state index contributed by atoms with van der Waals surface area (Å²) in [5, 5.41) is 19.3. The van der Waals surface area contributed by atoms with E-state index in [1.165, 1.54) is 0 Å². The minimum atomic E-state index is -1.39. The van der Waals surface area contributed by atoms with Crippen molar-refractivity contribution in [3.63, 3.8) is 0 Å². The Morgan fingerprint density at radius 3 is 2.32 bits per heavy atom. The monoisotopic (exact) mass is 594 g/mol. The van der Waals surface area contributed by atoms with Crippen molar-refractivity contribution in [3.05, 3.63) is 86.4 Å². The highest BCUT2D eigenvalue weighted by molar-refractivity contribution is 6.54. The molecular weight excluding hydrogens is 578 g/mol. The number of rotatable bonds is 8. The molecule has 0 aromatic heterocycles. The lowest BCUT2D eigenvalue weighted by molar-refractivity contribution is -0.112. The Morgan fingerprint density at radius 2 is 1.70 bits per heavy atom. The number of carbonyl (C=O) groups excluding carboxylic acids is 2. The summed E-state index contributed by atoms with van der Waals surface area (Å²) < 4.78 is -1.39. The van der Waals surface area contributed by atoms with E-state index in [0.717, 1.165) is 12.0 Å². The highest BCUT2D eigenvalue weighted by atomic mass is 35.5. The molecule has 1 amide bonds. The number of anilines is 3. The lowest BCUT2D eigenvalue weighted by Crippen LogP contribution is -2.23. The van der Waals surface area contributed by atoms with Gasteiger partial charge in [0, 0.05) is 40.9 Å². The van der Waals surface area contributed by atoms with Gasteiger partial charge in [0.25, 0.3) is 5.91 Å². The summed E-state index contributed by atoms with van der Waals surface area (Å²) in [6.45, 7) is 0.0745. The lowest BCUT2D eigenvalue weighted by atomic mass is 10.00. The summed E-state index contributed by atoms with van der Waals surface area (Å²) in [5.41, 5.74) is 1.53. The Hall–Kier alpha value is -2.66. The summed E-state index contributed by atoms with van der Waals surface area (Å²) in [7, 11) is 1.73. The summed E-state index contributed by atoms with van der Waals surface area (Å²) >= 11 is 31.7. The fourth-order valence-electron chi connectivity index (χ4n) is 4.28. The zero-order chi connectivity index (χ0) is 27.0. The van der Waals surface area contributed by atoms with Crippen LogP contribution in [-0.4, -0.2) is 30.1 Å². The quantitative estimate of drug-likeness (QED) is 0.186. The molecule has 3 aromatic rings. The molecule has 0 bridgehead atoms. The first-order chi connectivity index (χ1) is 17.6. The van der Waals surface area contributed by atoms with Crippen molar-refractivity contribution in [3.8, 4) is 6.07 Å². The molecule has 0 heterocycles. The van der Waals surface area contributed by atoms with Crippen molar-refractivity contribution in [1.82, 2.24) is 0 Å². The van der Waals surface area contributed by atoms with Gasteiger partial charge in [-0.05, 0) is 60.2 Å². The van der Waals surface area contributed by atoms with Gasteiger partial charge >= 0.3 is 0 Å². The summed E-state index contributed by atoms with van der Waals surface area (Å²) in [5.74, 6) is -1.06. The van der Waals surface area contributed by atoms with Crippen LogP contribution in [0, 0.1) is 16.7 Å². The van der Waals surface area contributed by atoms with E-state index in [4.69, 9.17) is 58.0 Å². The third kappa shape index (κ3) is 5.20. The molecule has 4 rings (SSSR count). The van der Waals surface area contributed by atoms with E-state index < -0.39 is 21.6 Å². The standard InChI is InChI=1S/C26H19Cl5N4O2/c1-33-18-3-5-22(15(8-18)11-32)35-24(37)20-10-19(2-4-21(20)29)34-12-25(13-36)23(26(25,30)31)14-6-16(27)9-17(28)7-14/h2-10,13,23,33-34H,12H2,1H3,(H,35,37). The van der Waals surface area contributed by atoms with Crippen LogP contribution in [0.1, 0.15) is 27.4 Å². The Kier molecular flexibility index (Phi) is 7.85. The fourth-order valence-corrected chi connectivity index (χ4v) is 6.00. The fraction of sp³-hybridized carbons (Fsp3) is 0.192. The molecule has 0 saturated heterocycles. The predicted molar refractivity (Wildman–Crippen MR) is 151 cm³/mol. The van der Waals surface area contributed by atoms with E-state index in [1.807, 2.05) is 0 Å². The van der Waals surface area contributed by atoms with Crippen molar-refractivity contribution >= 4 is 87.3 Å². The normalized spacial score (nSPS) is 19.4. The second-order valence-corrected chi connectivity index (χ2v) is 11.2. The maximum Gasteiger partial charge on any atom is 0.257 e. The molecule has 0 spiro atoms. The molecule has 1 saturated carbocycles. The van der Waals surface area contributed by atoms with Crippen molar-refractivity contribution in [1.29, 1.82) is 5.26 Å². The summed E-state index contributed by atoms with van der Waals surface area (Å²) in [6, 6.07) is 16.7. The second kappa shape index (κ2) is 10.6. The van der Waals surface area contributed by atoms with Crippen LogP contribution < -0.4 is 16.0 Å². The topological polar surface area (TPSA) is 94.0 Å². The molecule has 1 aliphatic rings. The van der Waals surface area contributed by atoms with E-state index in [2.05, 4.69) is 22.0 Å². The number of amides is 1. The minimum Gasteiger partial charge on any atom is -0.388 e. The van der Waals surface area contributed by atoms with Crippen molar-refractivity contribution < 1.29 is 9.59 Å². The number of nitriles is 1. The number of benzene rings is 3. The van der Waals surface area contributed by atoms with Crippen LogP contribution in [0.5, 0.6) is 0 Å². The number of halogens is 5. The molecule has 6 nitrogen and oxygen atoms in total. The average molecular weight is 597 g/mol. The maximum atomic E-state index is 13.0. The predicted octanol–water partition coefficient (Wildman–Crippen LogP) is 7.38. The molecule has 2 atom stereocenters. The minimum absolute atomic E-state index is 0.0745. The third-order valence-corrected chi connectivity index (χ3v) is 8.22. The second-order valence-electron chi connectivity index (χ2n) is 8.54. The molecular formula is C26H19Cl5N4O2. The molecule has 11 heteroatoms. The first kappa shape index (κ1) is 27.4. The average Bonchev–Trinajstić information content (AvgIpc) is 3.37. The van der Waals surface area contributed by atoms with Crippen LogP contribution >= 0.6 is 58.0 Å². The number of alkyl halides is 2. The van der Waals surface area contributed by atoms with E-state index in [0.29, 0.717) is 32.5 Å². The van der Waals surface area contributed by atoms with E-state index >= 15 is 0 Å². The zero-order valence-electron chi connectivity index (χ0n) is 19.2. The van der Waals surface area contributed by atoms with E-state index in [1.54, 1.807) is 61.6 Å². The van der Waals surface area contributed by atoms with E-state index in [-0.39, 0.29) is 17.1 Å². The maximum absolute atomic E-state index is 13.0. The van der Waals surface area contributed by atoms with Crippen LogP contribution in [-0.2, 0) is 4.79 Å². The van der Waals surface area contributed by atoms with Gasteiger partial charge in [0.15, 0.2) is 0 Å². The molecule has 2 unspecified atom stereocenters. The third-order valence-electron chi connectivity index (χ3n) is 6.32. The zero-order valence-corrected chi connectivity index (χ0v) is 23.0. The summed E-state index contributed by atoms with van der Waals surface area (Å²) in [6.07, 6.45) is 0.723. The van der Waals surface area contributed by atoms with Crippen molar-refractivity contribution in [2.24, 2.45) is 5.41 Å². The molecule has 0 radical (unpaired) electrons. The number of carbonyl (C=O) groups is 2. The van der Waals surface area contributed by atoms with Gasteiger partial charge in [-0.15, -0.1) is 0 Å². The molecule has 0 aliphatic heterocycles. The molecule has 3 N–H and O–H groups in total. The number of aldehydes is 1. The van der Waals surface area contributed by atoms with Gasteiger partial charge < -0.3 is 20.7 Å². The molecule has 37 heavy (non-hydrogen) atoms. The Bertz CT molecular complexity index is 1420. The highest BCUT2D eigenvalue weighted by Crippen LogP contribution is 2.73. The van der Waals surface area contributed by atoms with Crippen LogP contribution in [0.3, 0.4) is 0 Å². The highest BCUT2D eigenvalue weighted by Gasteiger charge is 2.76. The van der Waals surface area contributed by atoms with Gasteiger partial charge in [-0.25, -0.2) is 0 Å². The van der Waals surface area contributed by atoms with Gasteiger partial charge in [-0.2, -0.15) is 5.26 Å². The van der Waals surface area contributed by atoms with Gasteiger partial charge in [0.1, 0.15) is 16.7 Å². The largest absolute Gasteiger partial charge is 0.388 e. The molecule has 3 aromatic carbocycles. The van der Waals surface area contributed by atoms with Gasteiger partial charge in [0.05, 0.1) is 27.3 Å². The van der Waals surface area contributed by atoms with Crippen molar-refractivity contribution in [2.45, 2.75) is 10.3 Å². The SMILES string of the molecule is CNc1ccc(NC(=O)c2cc(NCC3(C=O)C(c4cc(Cl)cc(Cl)c4)C3(Cl)Cl)ccc2Cl)c(C#N)c1. The van der Waals surface area contributed by atoms with E-state index in [9.17, 15) is 14.9 Å². The number of nitrogens with one attached hydrogen (secondary N) is 3. The van der Waals surface area contributed by atoms with Gasteiger partial charge in [0.2, 0.25) is 0 Å². The van der Waals surface area contributed by atoms with Gasteiger partial charge in [-0.1, -0.05) is 58.0 Å². The summed E-state index contributed by atoms with van der Waals surface area (Å²) in [4.78, 5) is 25.2. The van der Waals surface area contributed by atoms with Crippen LogP contribution in [0.2, 0.25) is 15.1 Å². The van der Waals surface area contributed by atoms with Crippen LogP contribution in [0.15, 0.2) is 54.6 Å². The Balaban J connectivity index is 1.54. The van der Waals surface area contributed by atoms with Crippen molar-refractivity contribution in [2.75, 3.05) is 29.5 Å². The first-order valence-electron chi connectivity index (χ1n) is 10.9. The molecule has 1 fully saturated rings. The Labute approximate surface area is 238 Å². The Morgan fingerprint density at radius 1 is 1.03 bits per heavy atom. The first-order valence-corrected chi connectivity index (χ1v) is 12.8.